The molecule has 0 bridgehead atoms. The first-order valence-electron chi connectivity index (χ1n) is 6.18. The number of carboxylic acid groups (broad SMARTS) is 1. The maximum absolute atomic E-state index is 11.9. The average Bonchev–Trinajstić information content (AvgIpc) is 2.34. The van der Waals surface area contributed by atoms with E-state index in [4.69, 9.17) is 0 Å². The molecule has 0 unspecified atom stereocenters. The fraction of sp³-hybridized carbons (Fsp3) is 0.462. The summed E-state index contributed by atoms with van der Waals surface area (Å²) in [6, 6.07) is 6.62. The molecule has 0 fully saturated rings. The van der Waals surface area contributed by atoms with E-state index >= 15 is 0 Å². The Balaban J connectivity index is 0.00000361. The van der Waals surface area contributed by atoms with Gasteiger partial charge in [0.1, 0.15) is 0 Å². The molecule has 0 aliphatic carbocycles. The first-order valence-corrected chi connectivity index (χ1v) is 7.66. The third-order valence-corrected chi connectivity index (χ3v) is 4.16. The number of hydrogen-bond acceptors (Lipinski definition) is 4. The van der Waals surface area contributed by atoms with Gasteiger partial charge in [-0.25, -0.2) is 13.1 Å². The van der Waals surface area contributed by atoms with Crippen LogP contribution in [0, 0.1) is 6.92 Å². The van der Waals surface area contributed by atoms with Crippen LogP contribution in [-0.2, 0) is 14.8 Å². The zero-order valence-electron chi connectivity index (χ0n) is 11.9. The van der Waals surface area contributed by atoms with Crippen molar-refractivity contribution in [2.45, 2.75) is 37.5 Å². The van der Waals surface area contributed by atoms with Crippen molar-refractivity contribution in [3.63, 3.8) is 0 Å². The van der Waals surface area contributed by atoms with Gasteiger partial charge in [0.2, 0.25) is 10.0 Å². The fourth-order valence-corrected chi connectivity index (χ4v) is 2.65. The molecule has 0 spiro atoms. The summed E-state index contributed by atoms with van der Waals surface area (Å²) >= 11 is 0. The maximum atomic E-state index is 11.9. The number of carbonyl (C=O) groups excluding carboxylic acids is 1. The van der Waals surface area contributed by atoms with Crippen LogP contribution in [0.3, 0.4) is 0 Å². The summed E-state index contributed by atoms with van der Waals surface area (Å²) in [5.74, 6) is -1.07. The van der Waals surface area contributed by atoms with Crippen LogP contribution in [0.1, 0.15) is 31.2 Å². The molecule has 0 saturated carbocycles. The molecule has 20 heavy (non-hydrogen) atoms. The molecule has 0 aromatic heterocycles. The van der Waals surface area contributed by atoms with Crippen LogP contribution >= 0.6 is 0 Å². The smallest absolute Gasteiger partial charge is 0.550 e. The van der Waals surface area contributed by atoms with Gasteiger partial charge in [0, 0.05) is 12.5 Å². The number of carboxylic acids is 1. The second-order valence-corrected chi connectivity index (χ2v) is 6.16. The summed E-state index contributed by atoms with van der Waals surface area (Å²) < 4.78 is 26.2. The quantitative estimate of drug-likeness (QED) is 0.427. The Morgan fingerprint density at radius 2 is 1.75 bits per heavy atom. The average molecular weight is 291 g/mol. The topological polar surface area (TPSA) is 86.3 Å². The Kier molecular flexibility index (Phi) is 8.82. The van der Waals surface area contributed by atoms with Crippen LogP contribution in [0.15, 0.2) is 29.2 Å². The van der Waals surface area contributed by atoms with Crippen molar-refractivity contribution in [1.82, 2.24) is 4.72 Å². The summed E-state index contributed by atoms with van der Waals surface area (Å²) in [6.45, 7) is 2.20. The van der Waals surface area contributed by atoms with E-state index in [0.717, 1.165) is 5.56 Å². The molecule has 1 aromatic carbocycles. The van der Waals surface area contributed by atoms with Crippen molar-refractivity contribution in [2.75, 3.05) is 6.54 Å². The zero-order chi connectivity index (χ0) is 14.3. The van der Waals surface area contributed by atoms with Gasteiger partial charge in [-0.2, -0.15) is 0 Å². The van der Waals surface area contributed by atoms with Crippen LogP contribution < -0.4 is 28.7 Å². The molecular formula is C13H18LiNO4S. The molecule has 1 rings (SSSR count). The molecule has 7 heteroatoms. The monoisotopic (exact) mass is 291 g/mol. The SMILES string of the molecule is Cc1ccc(S(=O)(=O)NCCCCCC(=O)[O-])cc1.[Li+]. The van der Waals surface area contributed by atoms with Gasteiger partial charge in [-0.3, -0.25) is 0 Å². The molecule has 0 radical (unpaired) electrons. The van der Waals surface area contributed by atoms with Gasteiger partial charge < -0.3 is 9.90 Å². The fourth-order valence-electron chi connectivity index (χ4n) is 1.58. The number of rotatable bonds is 8. The molecule has 0 heterocycles. The molecule has 1 N–H and O–H groups in total. The van der Waals surface area contributed by atoms with Crippen molar-refractivity contribution in [1.29, 1.82) is 0 Å². The second-order valence-electron chi connectivity index (χ2n) is 4.39. The zero-order valence-corrected chi connectivity index (χ0v) is 12.7. The standard InChI is InChI=1S/C13H19NO4S.Li/c1-11-6-8-12(9-7-11)19(17,18)14-10-4-2-3-5-13(15)16;/h6-9,14H,2-5,10H2,1H3,(H,15,16);/q;+1/p-1. The Hall–Kier alpha value is -0.803. The van der Waals surface area contributed by atoms with Gasteiger partial charge in [0.05, 0.1) is 4.90 Å². The minimum atomic E-state index is -3.46. The third-order valence-electron chi connectivity index (χ3n) is 2.68. The molecule has 1 aromatic rings. The first kappa shape index (κ1) is 19.2. The number of nitrogens with one attached hydrogen (secondary N) is 1. The van der Waals surface area contributed by atoms with Gasteiger partial charge in [0.15, 0.2) is 0 Å². The van der Waals surface area contributed by atoms with Crippen LogP contribution in [0.5, 0.6) is 0 Å². The molecular weight excluding hydrogens is 273 g/mol. The van der Waals surface area contributed by atoms with E-state index in [1.807, 2.05) is 6.92 Å². The summed E-state index contributed by atoms with van der Waals surface area (Å²) in [5.41, 5.74) is 1.00. The molecule has 5 nitrogen and oxygen atoms in total. The Morgan fingerprint density at radius 1 is 1.15 bits per heavy atom. The van der Waals surface area contributed by atoms with E-state index in [-0.39, 0.29) is 30.2 Å². The van der Waals surface area contributed by atoms with E-state index in [2.05, 4.69) is 4.72 Å². The van der Waals surface area contributed by atoms with E-state index in [9.17, 15) is 18.3 Å². The second kappa shape index (κ2) is 9.19. The predicted octanol–water partition coefficient (Wildman–Crippen LogP) is -2.41. The van der Waals surface area contributed by atoms with Gasteiger partial charge in [0.25, 0.3) is 0 Å². The van der Waals surface area contributed by atoms with Crippen LogP contribution in [-0.4, -0.2) is 20.9 Å². The van der Waals surface area contributed by atoms with Gasteiger partial charge >= 0.3 is 18.9 Å². The van der Waals surface area contributed by atoms with Crippen molar-refractivity contribution in [3.05, 3.63) is 29.8 Å². The van der Waals surface area contributed by atoms with E-state index in [0.29, 0.717) is 25.8 Å². The molecule has 0 aliphatic rings. The number of benzene rings is 1. The van der Waals surface area contributed by atoms with Gasteiger partial charge in [-0.05, 0) is 38.3 Å². The van der Waals surface area contributed by atoms with E-state index in [1.54, 1.807) is 24.3 Å². The van der Waals surface area contributed by atoms with Gasteiger partial charge in [-0.15, -0.1) is 0 Å². The van der Waals surface area contributed by atoms with E-state index in [1.165, 1.54) is 0 Å². The predicted molar refractivity (Wildman–Crippen MR) is 69.8 cm³/mol. The van der Waals surface area contributed by atoms with Crippen molar-refractivity contribution >= 4 is 16.0 Å². The Morgan fingerprint density at radius 3 is 2.30 bits per heavy atom. The number of aryl methyl sites for hydroxylation is 1. The van der Waals surface area contributed by atoms with Crippen molar-refractivity contribution in [3.8, 4) is 0 Å². The molecule has 0 amide bonds. The number of unbranched alkanes of at least 4 members (excludes halogenated alkanes) is 2. The van der Waals surface area contributed by atoms with Crippen molar-refractivity contribution < 1.29 is 37.2 Å². The largest absolute Gasteiger partial charge is 1.00 e. The summed E-state index contributed by atoms with van der Waals surface area (Å²) in [6.07, 6.45) is 1.79. The third kappa shape index (κ3) is 7.11. The van der Waals surface area contributed by atoms with E-state index < -0.39 is 16.0 Å². The van der Waals surface area contributed by atoms with Crippen LogP contribution in [0.4, 0.5) is 0 Å². The van der Waals surface area contributed by atoms with Gasteiger partial charge in [-0.1, -0.05) is 24.1 Å². The van der Waals surface area contributed by atoms with Crippen LogP contribution in [0.25, 0.3) is 0 Å². The first-order chi connectivity index (χ1) is 8.92. The summed E-state index contributed by atoms with van der Waals surface area (Å²) in [5, 5.41) is 10.2. The minimum absolute atomic E-state index is 0. The molecule has 106 valence electrons. The normalized spacial score (nSPS) is 10.8. The summed E-state index contributed by atoms with van der Waals surface area (Å²) in [7, 11) is -3.46. The van der Waals surface area contributed by atoms with Crippen molar-refractivity contribution in [2.24, 2.45) is 0 Å². The number of carbonyl (C=O) groups is 1. The number of sulfonamides is 1. The molecule has 0 atom stereocenters. The minimum Gasteiger partial charge on any atom is -0.550 e. The molecule has 0 saturated heterocycles. The number of hydrogen-bond donors (Lipinski definition) is 1. The number of aliphatic carboxylic acids is 1. The van der Waals surface area contributed by atoms with Crippen LogP contribution in [0.2, 0.25) is 0 Å². The summed E-state index contributed by atoms with van der Waals surface area (Å²) in [4.78, 5) is 10.4. The molecule has 0 aliphatic heterocycles. The Bertz CT molecular complexity index is 514. The maximum Gasteiger partial charge on any atom is 1.00 e. The Labute approximate surface area is 132 Å².